The summed E-state index contributed by atoms with van der Waals surface area (Å²) in [5.74, 6) is -0.154. The first-order chi connectivity index (χ1) is 11.3. The molecule has 124 valence electrons. The van der Waals surface area contributed by atoms with Gasteiger partial charge in [0.15, 0.2) is 0 Å². The molecule has 0 saturated carbocycles. The molecular weight excluding hydrogens is 326 g/mol. The van der Waals surface area contributed by atoms with Crippen LogP contribution < -0.4 is 10.9 Å². The fourth-order valence-electron chi connectivity index (χ4n) is 2.55. The first kappa shape index (κ1) is 17.8. The molecule has 24 heavy (non-hydrogen) atoms. The molecule has 5 nitrogen and oxygen atoms in total. The van der Waals surface area contributed by atoms with E-state index in [9.17, 15) is 9.59 Å². The third-order valence-corrected chi connectivity index (χ3v) is 4.39. The highest BCUT2D eigenvalue weighted by Gasteiger charge is 2.13. The molecule has 0 atom stereocenters. The third kappa shape index (κ3) is 3.84. The number of aromatic nitrogens is 1. The predicted octanol–water partition coefficient (Wildman–Crippen LogP) is 3.40. The van der Waals surface area contributed by atoms with Gasteiger partial charge in [0.2, 0.25) is 5.91 Å². The summed E-state index contributed by atoms with van der Waals surface area (Å²) in [7, 11) is 0. The Balaban J connectivity index is 2.11. The Labute approximate surface area is 145 Å². The van der Waals surface area contributed by atoms with Crippen molar-refractivity contribution >= 4 is 23.2 Å². The Morgan fingerprint density at radius 3 is 2.67 bits per heavy atom. The quantitative estimate of drug-likeness (QED) is 0.892. The smallest absolute Gasteiger partial charge is 0.266 e. The summed E-state index contributed by atoms with van der Waals surface area (Å²) in [5.41, 5.74) is 3.42. The number of H-pyrrole nitrogens is 1. The van der Waals surface area contributed by atoms with Crippen molar-refractivity contribution in [1.29, 1.82) is 5.26 Å². The summed E-state index contributed by atoms with van der Waals surface area (Å²) in [6.45, 7) is 5.39. The molecule has 0 aliphatic carbocycles. The van der Waals surface area contributed by atoms with E-state index in [1.807, 2.05) is 19.1 Å². The van der Waals surface area contributed by atoms with E-state index in [4.69, 9.17) is 16.9 Å². The molecule has 0 saturated heterocycles. The Morgan fingerprint density at radius 1 is 1.33 bits per heavy atom. The van der Waals surface area contributed by atoms with Crippen LogP contribution >= 0.6 is 11.6 Å². The number of benzene rings is 1. The van der Waals surface area contributed by atoms with Gasteiger partial charge in [-0.1, -0.05) is 17.7 Å². The minimum atomic E-state index is -0.394. The van der Waals surface area contributed by atoms with Crippen LogP contribution in [0, 0.1) is 32.1 Å². The summed E-state index contributed by atoms with van der Waals surface area (Å²) in [6, 6.07) is 7.25. The maximum absolute atomic E-state index is 12.1. The molecule has 0 aliphatic heterocycles. The lowest BCUT2D eigenvalue weighted by atomic mass is 9.99. The Hall–Kier alpha value is -2.58. The van der Waals surface area contributed by atoms with Crippen LogP contribution in [0.4, 0.5) is 5.69 Å². The van der Waals surface area contributed by atoms with Crippen molar-refractivity contribution in [3.63, 3.8) is 0 Å². The molecule has 0 bridgehead atoms. The Morgan fingerprint density at radius 2 is 2.04 bits per heavy atom. The fraction of sp³-hybridized carbons (Fsp3) is 0.278. The number of halogens is 1. The van der Waals surface area contributed by atoms with Crippen molar-refractivity contribution in [2.75, 3.05) is 5.32 Å². The lowest BCUT2D eigenvalue weighted by Crippen LogP contribution is -2.18. The van der Waals surface area contributed by atoms with Crippen LogP contribution in [0.25, 0.3) is 0 Å². The zero-order valence-electron chi connectivity index (χ0n) is 13.8. The van der Waals surface area contributed by atoms with Crippen molar-refractivity contribution in [1.82, 2.24) is 4.98 Å². The highest BCUT2D eigenvalue weighted by molar-refractivity contribution is 6.31. The number of carbonyl (C=O) groups excluding carboxylic acids is 1. The molecule has 2 aromatic rings. The van der Waals surface area contributed by atoms with Gasteiger partial charge in [0, 0.05) is 22.8 Å². The first-order valence-electron chi connectivity index (χ1n) is 7.52. The minimum Gasteiger partial charge on any atom is -0.326 e. The highest BCUT2D eigenvalue weighted by Crippen LogP contribution is 2.20. The van der Waals surface area contributed by atoms with E-state index in [0.717, 1.165) is 11.1 Å². The monoisotopic (exact) mass is 343 g/mol. The number of anilines is 1. The van der Waals surface area contributed by atoms with E-state index in [2.05, 4.69) is 10.3 Å². The second-order valence-corrected chi connectivity index (χ2v) is 6.09. The summed E-state index contributed by atoms with van der Waals surface area (Å²) >= 11 is 6.04. The van der Waals surface area contributed by atoms with Gasteiger partial charge < -0.3 is 10.3 Å². The average Bonchev–Trinajstić information content (AvgIpc) is 2.51. The van der Waals surface area contributed by atoms with Crippen molar-refractivity contribution < 1.29 is 4.79 Å². The van der Waals surface area contributed by atoms with Gasteiger partial charge in [-0.3, -0.25) is 9.59 Å². The number of pyridine rings is 1. The number of rotatable bonds is 4. The molecule has 0 fully saturated rings. The van der Waals surface area contributed by atoms with Gasteiger partial charge in [0.05, 0.1) is 0 Å². The molecule has 0 radical (unpaired) electrons. The van der Waals surface area contributed by atoms with Crippen molar-refractivity contribution in [3.8, 4) is 6.07 Å². The summed E-state index contributed by atoms with van der Waals surface area (Å²) in [4.78, 5) is 26.5. The fourth-order valence-corrected chi connectivity index (χ4v) is 2.73. The maximum Gasteiger partial charge on any atom is 0.266 e. The van der Waals surface area contributed by atoms with Gasteiger partial charge in [0.1, 0.15) is 11.6 Å². The zero-order valence-corrected chi connectivity index (χ0v) is 14.5. The topological polar surface area (TPSA) is 85.8 Å². The van der Waals surface area contributed by atoms with E-state index in [1.165, 1.54) is 0 Å². The second kappa shape index (κ2) is 7.33. The van der Waals surface area contributed by atoms with Crippen molar-refractivity contribution in [3.05, 3.63) is 61.5 Å². The predicted molar refractivity (Wildman–Crippen MR) is 94.4 cm³/mol. The third-order valence-electron chi connectivity index (χ3n) is 3.98. The zero-order chi connectivity index (χ0) is 17.9. The van der Waals surface area contributed by atoms with E-state index in [0.29, 0.717) is 28.4 Å². The average molecular weight is 344 g/mol. The number of aryl methyl sites for hydroxylation is 2. The van der Waals surface area contributed by atoms with E-state index in [-0.39, 0.29) is 17.9 Å². The van der Waals surface area contributed by atoms with Gasteiger partial charge in [-0.2, -0.15) is 5.26 Å². The lowest BCUT2D eigenvalue weighted by molar-refractivity contribution is -0.116. The number of hydrogen-bond donors (Lipinski definition) is 2. The van der Waals surface area contributed by atoms with E-state index in [1.54, 1.807) is 26.0 Å². The van der Waals surface area contributed by atoms with E-state index < -0.39 is 5.56 Å². The van der Waals surface area contributed by atoms with Crippen LogP contribution in [0.5, 0.6) is 0 Å². The number of hydrogen-bond acceptors (Lipinski definition) is 3. The minimum absolute atomic E-state index is 0.0984. The van der Waals surface area contributed by atoms with Gasteiger partial charge in [0.25, 0.3) is 5.56 Å². The first-order valence-corrected chi connectivity index (χ1v) is 7.89. The molecule has 1 aromatic carbocycles. The molecule has 0 aliphatic rings. The SMILES string of the molecule is Cc1ccc(NC(=O)CCc2c(C)[nH]c(=O)c(C#N)c2C)cc1Cl. The van der Waals surface area contributed by atoms with Gasteiger partial charge in [-0.05, 0) is 56.0 Å². The van der Waals surface area contributed by atoms with Crippen LogP contribution in [-0.4, -0.2) is 10.9 Å². The van der Waals surface area contributed by atoms with Crippen LogP contribution in [0.15, 0.2) is 23.0 Å². The standard InChI is InChI=1S/C18H18ClN3O2/c1-10-4-5-13(8-16(10)19)22-17(23)7-6-14-11(2)15(9-20)18(24)21-12(14)3/h4-5,8H,6-7H2,1-3H3,(H,21,24)(H,22,23). The van der Waals surface area contributed by atoms with Gasteiger partial charge in [-0.15, -0.1) is 0 Å². The molecule has 1 heterocycles. The number of carbonyl (C=O) groups is 1. The molecule has 1 amide bonds. The highest BCUT2D eigenvalue weighted by atomic mass is 35.5. The lowest BCUT2D eigenvalue weighted by Gasteiger charge is -2.11. The van der Waals surface area contributed by atoms with Crippen LogP contribution in [0.3, 0.4) is 0 Å². The summed E-state index contributed by atoms with van der Waals surface area (Å²) in [5, 5.41) is 12.5. The molecule has 1 aromatic heterocycles. The number of nitrogens with zero attached hydrogens (tertiary/aromatic N) is 1. The summed E-state index contributed by atoms with van der Waals surface area (Å²) < 4.78 is 0. The van der Waals surface area contributed by atoms with Crippen molar-refractivity contribution in [2.45, 2.75) is 33.6 Å². The summed E-state index contributed by atoms with van der Waals surface area (Å²) in [6.07, 6.45) is 0.679. The second-order valence-electron chi connectivity index (χ2n) is 5.68. The van der Waals surface area contributed by atoms with Crippen LogP contribution in [0.2, 0.25) is 5.02 Å². The van der Waals surface area contributed by atoms with Gasteiger partial charge in [-0.25, -0.2) is 0 Å². The molecule has 0 unspecified atom stereocenters. The van der Waals surface area contributed by atoms with Crippen LogP contribution in [0.1, 0.15) is 34.4 Å². The van der Waals surface area contributed by atoms with E-state index >= 15 is 0 Å². The molecule has 0 spiro atoms. The molecular formula is C18H18ClN3O2. The van der Waals surface area contributed by atoms with Crippen LogP contribution in [-0.2, 0) is 11.2 Å². The number of amides is 1. The number of aromatic amines is 1. The largest absolute Gasteiger partial charge is 0.326 e. The van der Waals surface area contributed by atoms with Gasteiger partial charge >= 0.3 is 0 Å². The van der Waals surface area contributed by atoms with Crippen molar-refractivity contribution in [2.24, 2.45) is 0 Å². The molecule has 6 heteroatoms. The normalized spacial score (nSPS) is 10.3. The maximum atomic E-state index is 12.1. The Kier molecular flexibility index (Phi) is 5.42. The number of nitrogens with one attached hydrogen (secondary N) is 2. The Bertz CT molecular complexity index is 894. The molecule has 2 N–H and O–H groups in total. The molecule has 2 rings (SSSR count). The number of nitriles is 1.